The van der Waals surface area contributed by atoms with Crippen molar-refractivity contribution >= 4 is 0 Å². The molecule has 1 aromatic carbocycles. The molecule has 0 saturated heterocycles. The lowest BCUT2D eigenvalue weighted by Crippen LogP contribution is -2.05. The summed E-state index contributed by atoms with van der Waals surface area (Å²) in [7, 11) is 1.46. The maximum atomic E-state index is 9.34. The van der Waals surface area contributed by atoms with Crippen LogP contribution < -0.4 is 4.74 Å². The fraction of sp³-hybridized carbons (Fsp3) is 0.455. The molecule has 0 aromatic heterocycles. The van der Waals surface area contributed by atoms with E-state index in [1.807, 2.05) is 26.0 Å². The van der Waals surface area contributed by atoms with Gasteiger partial charge in [-0.25, -0.2) is 0 Å². The normalized spacial score (nSPS) is 12.9. The monoisotopic (exact) mass is 196 g/mol. The number of hydrogen-bond acceptors (Lipinski definition) is 3. The number of rotatable bonds is 4. The molecule has 0 aliphatic carbocycles. The largest absolute Gasteiger partial charge is 0.491 e. The Labute approximate surface area is 84.3 Å². The van der Waals surface area contributed by atoms with Crippen LogP contribution >= 0.6 is 0 Å². The van der Waals surface area contributed by atoms with E-state index in [0.29, 0.717) is 0 Å². The topological polar surface area (TPSA) is 38.7 Å². The number of hydrogen-bond donors (Lipinski definition) is 1. The Morgan fingerprint density at radius 2 is 1.71 bits per heavy atom. The molecule has 0 aliphatic rings. The lowest BCUT2D eigenvalue weighted by atomic mass is 10.2. The summed E-state index contributed by atoms with van der Waals surface area (Å²) in [4.78, 5) is 0. The zero-order valence-corrected chi connectivity index (χ0v) is 8.73. The molecule has 0 aliphatic heterocycles. The van der Waals surface area contributed by atoms with Crippen molar-refractivity contribution in [1.82, 2.24) is 0 Å². The van der Waals surface area contributed by atoms with Crippen molar-refractivity contribution in [2.45, 2.75) is 26.2 Å². The van der Waals surface area contributed by atoms with Gasteiger partial charge in [-0.15, -0.1) is 0 Å². The molecule has 0 saturated carbocycles. The van der Waals surface area contributed by atoms with Gasteiger partial charge in [-0.2, -0.15) is 0 Å². The van der Waals surface area contributed by atoms with Gasteiger partial charge in [0, 0.05) is 12.7 Å². The van der Waals surface area contributed by atoms with Crippen molar-refractivity contribution in [2.24, 2.45) is 0 Å². The molecule has 1 rings (SSSR count). The summed E-state index contributed by atoms with van der Waals surface area (Å²) >= 11 is 0. The van der Waals surface area contributed by atoms with Crippen molar-refractivity contribution in [3.05, 3.63) is 29.8 Å². The molecule has 1 N–H and O–H groups in total. The fourth-order valence-corrected chi connectivity index (χ4v) is 1.12. The molecule has 14 heavy (non-hydrogen) atoms. The van der Waals surface area contributed by atoms with Crippen molar-refractivity contribution in [3.63, 3.8) is 0 Å². The number of methoxy groups -OCH3 is 1. The van der Waals surface area contributed by atoms with E-state index in [9.17, 15) is 5.11 Å². The maximum Gasteiger partial charge on any atom is 0.180 e. The van der Waals surface area contributed by atoms with Crippen molar-refractivity contribution in [1.29, 1.82) is 0 Å². The van der Waals surface area contributed by atoms with E-state index in [-0.39, 0.29) is 6.10 Å². The van der Waals surface area contributed by atoms with E-state index in [0.717, 1.165) is 11.3 Å². The van der Waals surface area contributed by atoms with Gasteiger partial charge >= 0.3 is 0 Å². The quantitative estimate of drug-likeness (QED) is 0.749. The van der Waals surface area contributed by atoms with Gasteiger partial charge in [0.1, 0.15) is 5.75 Å². The third-order valence-electron chi connectivity index (χ3n) is 1.76. The minimum absolute atomic E-state index is 0.160. The van der Waals surface area contributed by atoms with Crippen LogP contribution in [0.4, 0.5) is 0 Å². The summed E-state index contributed by atoms with van der Waals surface area (Å²) < 4.78 is 10.2. The Bertz CT molecular complexity index is 266. The SMILES string of the molecule is COC(O)c1ccc(OC(C)C)cc1. The highest BCUT2D eigenvalue weighted by molar-refractivity contribution is 5.27. The zero-order valence-electron chi connectivity index (χ0n) is 8.73. The molecule has 1 aromatic rings. The number of aliphatic hydroxyl groups is 1. The summed E-state index contributed by atoms with van der Waals surface area (Å²) in [5, 5.41) is 9.34. The van der Waals surface area contributed by atoms with Crippen molar-refractivity contribution in [3.8, 4) is 5.75 Å². The Morgan fingerprint density at radius 3 is 2.14 bits per heavy atom. The van der Waals surface area contributed by atoms with Crippen LogP contribution in [0.2, 0.25) is 0 Å². The summed E-state index contributed by atoms with van der Waals surface area (Å²) in [6, 6.07) is 7.20. The second-order valence-corrected chi connectivity index (χ2v) is 3.32. The van der Waals surface area contributed by atoms with Crippen LogP contribution in [0.15, 0.2) is 24.3 Å². The zero-order chi connectivity index (χ0) is 10.6. The molecule has 78 valence electrons. The summed E-state index contributed by atoms with van der Waals surface area (Å²) in [5.74, 6) is 0.798. The minimum Gasteiger partial charge on any atom is -0.491 e. The summed E-state index contributed by atoms with van der Waals surface area (Å²) in [5.41, 5.74) is 0.726. The van der Waals surface area contributed by atoms with Gasteiger partial charge in [0.15, 0.2) is 6.29 Å². The lowest BCUT2D eigenvalue weighted by molar-refractivity contribution is -0.0769. The number of benzene rings is 1. The third kappa shape index (κ3) is 3.01. The molecule has 0 fully saturated rings. The Balaban J connectivity index is 2.68. The van der Waals surface area contributed by atoms with Crippen LogP contribution in [0.1, 0.15) is 25.7 Å². The first-order valence-electron chi connectivity index (χ1n) is 4.61. The van der Waals surface area contributed by atoms with Crippen LogP contribution in [0.3, 0.4) is 0 Å². The molecule has 3 nitrogen and oxygen atoms in total. The summed E-state index contributed by atoms with van der Waals surface area (Å²) in [6.45, 7) is 3.94. The first kappa shape index (κ1) is 11.0. The Kier molecular flexibility index (Phi) is 3.92. The molecule has 0 bridgehead atoms. The summed E-state index contributed by atoms with van der Waals surface area (Å²) in [6.07, 6.45) is -0.698. The second-order valence-electron chi connectivity index (χ2n) is 3.32. The van der Waals surface area contributed by atoms with Gasteiger partial charge < -0.3 is 14.6 Å². The third-order valence-corrected chi connectivity index (χ3v) is 1.76. The molecule has 0 heterocycles. The Morgan fingerprint density at radius 1 is 1.14 bits per heavy atom. The van der Waals surface area contributed by atoms with E-state index >= 15 is 0 Å². The van der Waals surface area contributed by atoms with E-state index in [1.165, 1.54) is 7.11 Å². The van der Waals surface area contributed by atoms with Crippen LogP contribution in [0.25, 0.3) is 0 Å². The van der Waals surface area contributed by atoms with Crippen LogP contribution in [-0.2, 0) is 4.74 Å². The van der Waals surface area contributed by atoms with E-state index in [4.69, 9.17) is 9.47 Å². The molecule has 0 amide bonds. The predicted molar refractivity (Wildman–Crippen MR) is 54.2 cm³/mol. The fourth-order valence-electron chi connectivity index (χ4n) is 1.12. The van der Waals surface area contributed by atoms with Gasteiger partial charge in [0.25, 0.3) is 0 Å². The van der Waals surface area contributed by atoms with Gasteiger partial charge in [-0.1, -0.05) is 12.1 Å². The van der Waals surface area contributed by atoms with Gasteiger partial charge in [0.05, 0.1) is 6.10 Å². The number of ether oxygens (including phenoxy) is 2. The average Bonchev–Trinajstić information content (AvgIpc) is 2.17. The van der Waals surface area contributed by atoms with Crippen molar-refractivity contribution < 1.29 is 14.6 Å². The molecular formula is C11H16O3. The maximum absolute atomic E-state index is 9.34. The van der Waals surface area contributed by atoms with Crippen LogP contribution in [-0.4, -0.2) is 18.3 Å². The molecule has 1 atom stereocenters. The minimum atomic E-state index is -0.858. The van der Waals surface area contributed by atoms with Gasteiger partial charge in [-0.3, -0.25) is 0 Å². The molecular weight excluding hydrogens is 180 g/mol. The average molecular weight is 196 g/mol. The van der Waals surface area contributed by atoms with E-state index in [2.05, 4.69) is 0 Å². The molecule has 1 unspecified atom stereocenters. The standard InChI is InChI=1S/C11H16O3/c1-8(2)14-10-6-4-9(5-7-10)11(12)13-3/h4-8,11-12H,1-3H3. The predicted octanol–water partition coefficient (Wildman–Crippen LogP) is 2.11. The highest BCUT2D eigenvalue weighted by Gasteiger charge is 2.05. The van der Waals surface area contributed by atoms with Gasteiger partial charge in [0.2, 0.25) is 0 Å². The molecule has 3 heteroatoms. The van der Waals surface area contributed by atoms with Crippen LogP contribution in [0, 0.1) is 0 Å². The smallest absolute Gasteiger partial charge is 0.180 e. The van der Waals surface area contributed by atoms with Crippen LogP contribution in [0.5, 0.6) is 5.75 Å². The van der Waals surface area contributed by atoms with Crippen molar-refractivity contribution in [2.75, 3.05) is 7.11 Å². The highest BCUT2D eigenvalue weighted by atomic mass is 16.6. The van der Waals surface area contributed by atoms with E-state index in [1.54, 1.807) is 12.1 Å². The highest BCUT2D eigenvalue weighted by Crippen LogP contribution is 2.18. The second kappa shape index (κ2) is 4.98. The first-order valence-corrected chi connectivity index (χ1v) is 4.61. The number of aliphatic hydroxyl groups excluding tert-OH is 1. The van der Waals surface area contributed by atoms with Gasteiger partial charge in [-0.05, 0) is 26.0 Å². The van der Waals surface area contributed by atoms with E-state index < -0.39 is 6.29 Å². The molecule has 0 spiro atoms. The Hall–Kier alpha value is -1.06. The molecule has 0 radical (unpaired) electrons. The lowest BCUT2D eigenvalue weighted by Gasteiger charge is -2.12. The first-order chi connectivity index (χ1) is 6.63.